The second-order valence-electron chi connectivity index (χ2n) is 5.20. The minimum atomic E-state index is -0.390. The lowest BCUT2D eigenvalue weighted by molar-refractivity contribution is -0.115. The van der Waals surface area contributed by atoms with Crippen molar-refractivity contribution in [2.24, 2.45) is 0 Å². The molecular formula is C16H16N6OS. The smallest absolute Gasteiger partial charge is 0.237 e. The van der Waals surface area contributed by atoms with Gasteiger partial charge in [0.05, 0.1) is 16.5 Å². The van der Waals surface area contributed by atoms with E-state index in [0.717, 1.165) is 22.3 Å². The van der Waals surface area contributed by atoms with Crippen LogP contribution in [0, 0.1) is 6.92 Å². The van der Waals surface area contributed by atoms with Gasteiger partial charge in [-0.2, -0.15) is 4.98 Å². The molecule has 24 heavy (non-hydrogen) atoms. The Labute approximate surface area is 143 Å². The van der Waals surface area contributed by atoms with Crippen molar-refractivity contribution >= 4 is 40.2 Å². The number of benzene rings is 1. The van der Waals surface area contributed by atoms with Gasteiger partial charge in [0, 0.05) is 11.1 Å². The summed E-state index contributed by atoms with van der Waals surface area (Å²) >= 11 is 1.22. The second-order valence-corrected chi connectivity index (χ2v) is 6.51. The maximum Gasteiger partial charge on any atom is 0.237 e. The molecule has 3 aromatic rings. The van der Waals surface area contributed by atoms with E-state index in [1.807, 2.05) is 37.3 Å². The number of fused-ring (bicyclic) bond motifs is 1. The van der Waals surface area contributed by atoms with Gasteiger partial charge in [-0.15, -0.1) is 0 Å². The number of para-hydroxylation sites is 1. The van der Waals surface area contributed by atoms with E-state index in [0.29, 0.717) is 5.16 Å². The number of amides is 1. The zero-order valence-electron chi connectivity index (χ0n) is 13.2. The summed E-state index contributed by atoms with van der Waals surface area (Å²) in [6.45, 7) is 3.68. The van der Waals surface area contributed by atoms with Crippen LogP contribution in [0.4, 0.5) is 11.6 Å². The molecule has 0 saturated heterocycles. The van der Waals surface area contributed by atoms with Gasteiger partial charge in [0.25, 0.3) is 0 Å². The maximum absolute atomic E-state index is 12.5. The zero-order valence-corrected chi connectivity index (χ0v) is 14.0. The number of nitrogens with two attached hydrogens (primary N) is 1. The molecule has 2 aromatic heterocycles. The number of aryl methyl sites for hydroxylation is 1. The lowest BCUT2D eigenvalue weighted by Gasteiger charge is -2.13. The second kappa shape index (κ2) is 6.79. The van der Waals surface area contributed by atoms with Gasteiger partial charge in [-0.3, -0.25) is 9.78 Å². The summed E-state index contributed by atoms with van der Waals surface area (Å²) in [5, 5.41) is 3.89. The van der Waals surface area contributed by atoms with Crippen LogP contribution in [-0.2, 0) is 4.79 Å². The average molecular weight is 340 g/mol. The van der Waals surface area contributed by atoms with E-state index in [-0.39, 0.29) is 17.1 Å². The number of nitrogens with zero attached hydrogens (tertiary/aromatic N) is 4. The number of anilines is 2. The lowest BCUT2D eigenvalue weighted by atomic mass is 10.1. The molecule has 1 atom stereocenters. The van der Waals surface area contributed by atoms with Crippen LogP contribution in [0.1, 0.15) is 12.6 Å². The zero-order chi connectivity index (χ0) is 17.1. The number of thioether (sulfide) groups is 1. The predicted octanol–water partition coefficient (Wildman–Crippen LogP) is 2.43. The molecule has 1 unspecified atom stereocenters. The highest BCUT2D eigenvalue weighted by molar-refractivity contribution is 8.00. The third-order valence-corrected chi connectivity index (χ3v) is 4.30. The van der Waals surface area contributed by atoms with E-state index < -0.39 is 0 Å². The quantitative estimate of drug-likeness (QED) is 0.702. The number of carbonyl (C=O) groups is 1. The number of nitrogens with one attached hydrogen (secondary N) is 1. The Morgan fingerprint density at radius 2 is 2.04 bits per heavy atom. The molecule has 0 spiro atoms. The highest BCUT2D eigenvalue weighted by Gasteiger charge is 2.17. The van der Waals surface area contributed by atoms with Gasteiger partial charge in [0.2, 0.25) is 11.9 Å². The Hall–Kier alpha value is -2.74. The Kier molecular flexibility index (Phi) is 4.57. The first-order chi connectivity index (χ1) is 11.5. The number of carbonyl (C=O) groups excluding carboxylic acids is 1. The minimum absolute atomic E-state index is 0.135. The Bertz CT molecular complexity index is 901. The molecule has 2 heterocycles. The molecule has 3 rings (SSSR count). The summed E-state index contributed by atoms with van der Waals surface area (Å²) in [5.41, 5.74) is 7.96. The summed E-state index contributed by atoms with van der Waals surface area (Å²) in [5.74, 6) is -0.00871. The first-order valence-electron chi connectivity index (χ1n) is 7.31. The number of hydrogen-bond donors (Lipinski definition) is 2. The van der Waals surface area contributed by atoms with E-state index >= 15 is 0 Å². The van der Waals surface area contributed by atoms with E-state index in [4.69, 9.17) is 5.73 Å². The van der Waals surface area contributed by atoms with Crippen LogP contribution < -0.4 is 11.1 Å². The van der Waals surface area contributed by atoms with E-state index in [1.165, 1.54) is 18.1 Å². The molecule has 0 aliphatic heterocycles. The fourth-order valence-corrected chi connectivity index (χ4v) is 2.94. The minimum Gasteiger partial charge on any atom is -0.368 e. The Morgan fingerprint density at radius 3 is 2.83 bits per heavy atom. The van der Waals surface area contributed by atoms with E-state index in [9.17, 15) is 4.79 Å². The van der Waals surface area contributed by atoms with E-state index in [2.05, 4.69) is 25.3 Å². The standard InChI is InChI=1S/C16H16N6OS/c1-9-7-13(11-5-3-4-6-12(11)20-9)21-14(23)10(2)24-16-19-8-18-15(17)22-16/h3-8,10H,1-2H3,(H,20,21,23)(H2,17,18,19,22). The molecule has 0 fully saturated rings. The van der Waals surface area contributed by atoms with Gasteiger partial charge in [0.1, 0.15) is 6.33 Å². The summed E-state index contributed by atoms with van der Waals surface area (Å²) in [4.78, 5) is 28.7. The van der Waals surface area contributed by atoms with Crippen LogP contribution in [0.25, 0.3) is 10.9 Å². The molecule has 0 aliphatic carbocycles. The SMILES string of the molecule is Cc1cc(NC(=O)C(C)Sc2ncnc(N)n2)c2ccccc2n1. The number of pyridine rings is 1. The number of hydrogen-bond acceptors (Lipinski definition) is 7. The third-order valence-electron chi connectivity index (χ3n) is 3.32. The van der Waals surface area contributed by atoms with Gasteiger partial charge in [-0.25, -0.2) is 9.97 Å². The van der Waals surface area contributed by atoms with Crippen molar-refractivity contribution in [3.63, 3.8) is 0 Å². The van der Waals surface area contributed by atoms with Crippen molar-refractivity contribution in [2.45, 2.75) is 24.3 Å². The first-order valence-corrected chi connectivity index (χ1v) is 8.19. The van der Waals surface area contributed by atoms with Gasteiger partial charge < -0.3 is 11.1 Å². The van der Waals surface area contributed by atoms with Gasteiger partial charge in [-0.1, -0.05) is 30.0 Å². The molecule has 7 nitrogen and oxygen atoms in total. The largest absolute Gasteiger partial charge is 0.368 e. The highest BCUT2D eigenvalue weighted by atomic mass is 32.2. The third kappa shape index (κ3) is 3.60. The molecule has 0 aliphatic rings. The Morgan fingerprint density at radius 1 is 1.25 bits per heavy atom. The fourth-order valence-electron chi connectivity index (χ4n) is 2.21. The summed E-state index contributed by atoms with van der Waals surface area (Å²) in [6.07, 6.45) is 1.33. The fraction of sp³-hybridized carbons (Fsp3) is 0.188. The average Bonchev–Trinajstić information content (AvgIpc) is 2.54. The van der Waals surface area contributed by atoms with Crippen LogP contribution in [0.3, 0.4) is 0 Å². The molecular weight excluding hydrogens is 324 g/mol. The topological polar surface area (TPSA) is 107 Å². The molecule has 0 radical (unpaired) electrons. The van der Waals surface area contributed by atoms with Crippen molar-refractivity contribution in [1.29, 1.82) is 0 Å². The number of nitrogen functional groups attached to an aromatic ring is 1. The molecule has 0 bridgehead atoms. The highest BCUT2D eigenvalue weighted by Crippen LogP contribution is 2.25. The first kappa shape index (κ1) is 16.1. The monoisotopic (exact) mass is 340 g/mol. The maximum atomic E-state index is 12.5. The van der Waals surface area contributed by atoms with Gasteiger partial charge in [-0.05, 0) is 26.0 Å². The molecule has 3 N–H and O–H groups in total. The molecule has 0 saturated carbocycles. The summed E-state index contributed by atoms with van der Waals surface area (Å²) in [7, 11) is 0. The van der Waals surface area contributed by atoms with Crippen molar-refractivity contribution in [3.05, 3.63) is 42.4 Å². The van der Waals surface area contributed by atoms with Crippen LogP contribution in [0.5, 0.6) is 0 Å². The van der Waals surface area contributed by atoms with Crippen molar-refractivity contribution < 1.29 is 4.79 Å². The summed E-state index contributed by atoms with van der Waals surface area (Å²) < 4.78 is 0. The molecule has 1 aromatic carbocycles. The Balaban J connectivity index is 1.79. The van der Waals surface area contributed by atoms with E-state index in [1.54, 1.807) is 6.92 Å². The lowest BCUT2D eigenvalue weighted by Crippen LogP contribution is -2.23. The number of rotatable bonds is 4. The molecule has 1 amide bonds. The van der Waals surface area contributed by atoms with Crippen LogP contribution in [0.2, 0.25) is 0 Å². The predicted molar refractivity (Wildman–Crippen MR) is 94.7 cm³/mol. The van der Waals surface area contributed by atoms with Gasteiger partial charge >= 0.3 is 0 Å². The van der Waals surface area contributed by atoms with Gasteiger partial charge in [0.15, 0.2) is 5.16 Å². The van der Waals surface area contributed by atoms with Crippen LogP contribution in [0.15, 0.2) is 41.8 Å². The summed E-state index contributed by atoms with van der Waals surface area (Å²) in [6, 6.07) is 9.55. The van der Waals surface area contributed by atoms with Crippen molar-refractivity contribution in [2.75, 3.05) is 11.1 Å². The van der Waals surface area contributed by atoms with Crippen molar-refractivity contribution in [3.8, 4) is 0 Å². The number of aromatic nitrogens is 4. The molecule has 122 valence electrons. The van der Waals surface area contributed by atoms with Crippen LogP contribution >= 0.6 is 11.8 Å². The molecule has 8 heteroatoms. The van der Waals surface area contributed by atoms with Crippen molar-refractivity contribution in [1.82, 2.24) is 19.9 Å². The normalized spacial score (nSPS) is 12.1. The van der Waals surface area contributed by atoms with Crippen LogP contribution in [-0.4, -0.2) is 31.1 Å².